The zero-order chi connectivity index (χ0) is 8.27. The van der Waals surface area contributed by atoms with Gasteiger partial charge in [-0.3, -0.25) is 0 Å². The highest BCUT2D eigenvalue weighted by Gasteiger charge is 2.04. The first-order valence-electron chi connectivity index (χ1n) is 3.88. The first-order chi connectivity index (χ1) is 5.29. The number of hydrogen-bond donors (Lipinski definition) is 1. The van der Waals surface area contributed by atoms with Crippen molar-refractivity contribution < 1.29 is 0 Å². The van der Waals surface area contributed by atoms with Crippen LogP contribution in [0, 0.1) is 6.92 Å². The highest BCUT2D eigenvalue weighted by Crippen LogP contribution is 2.02. The maximum absolute atomic E-state index is 5.40. The van der Waals surface area contributed by atoms with Crippen molar-refractivity contribution in [2.24, 2.45) is 5.73 Å². The molecule has 0 aliphatic heterocycles. The molecule has 1 aromatic heterocycles. The van der Waals surface area contributed by atoms with Crippen LogP contribution in [0.25, 0.3) is 0 Å². The van der Waals surface area contributed by atoms with Crippen LogP contribution in [0.4, 0.5) is 0 Å². The van der Waals surface area contributed by atoms with Crippen LogP contribution in [0.15, 0.2) is 0 Å². The summed E-state index contributed by atoms with van der Waals surface area (Å²) in [6.45, 7) is 5.59. The molecule has 1 rings (SSSR count). The molecule has 0 unspecified atom stereocenters. The maximum atomic E-state index is 5.40. The van der Waals surface area contributed by atoms with Gasteiger partial charge in [0, 0.05) is 13.0 Å². The summed E-state index contributed by atoms with van der Waals surface area (Å²) in [5, 5.41) is 7.97. The van der Waals surface area contributed by atoms with E-state index >= 15 is 0 Å². The molecule has 0 aromatic carbocycles. The first-order valence-corrected chi connectivity index (χ1v) is 3.88. The van der Waals surface area contributed by atoms with Gasteiger partial charge in [-0.05, 0) is 20.4 Å². The Morgan fingerprint density at radius 1 is 1.55 bits per heavy atom. The van der Waals surface area contributed by atoms with Crippen molar-refractivity contribution in [3.05, 3.63) is 11.4 Å². The Hall–Kier alpha value is -0.900. The van der Waals surface area contributed by atoms with Crippen molar-refractivity contribution in [3.63, 3.8) is 0 Å². The summed E-state index contributed by atoms with van der Waals surface area (Å²) in [6, 6.07) is 0. The Labute approximate surface area is 66.4 Å². The van der Waals surface area contributed by atoms with Gasteiger partial charge in [-0.1, -0.05) is 5.21 Å². The minimum absolute atomic E-state index is 0.642. The van der Waals surface area contributed by atoms with E-state index in [4.69, 9.17) is 5.73 Å². The fourth-order valence-corrected chi connectivity index (χ4v) is 1.06. The fourth-order valence-electron chi connectivity index (χ4n) is 1.06. The molecule has 1 heterocycles. The second-order valence-corrected chi connectivity index (χ2v) is 2.48. The molecular formula is C7H14N4. The number of aryl methyl sites for hydroxylation is 1. The SMILES string of the molecule is CCn1nnc(CCN)c1C. The molecule has 0 bridgehead atoms. The topological polar surface area (TPSA) is 56.7 Å². The van der Waals surface area contributed by atoms with E-state index in [1.165, 1.54) is 0 Å². The van der Waals surface area contributed by atoms with E-state index in [1.807, 2.05) is 18.5 Å². The monoisotopic (exact) mass is 154 g/mol. The Bertz CT molecular complexity index is 228. The second-order valence-electron chi connectivity index (χ2n) is 2.48. The largest absolute Gasteiger partial charge is 0.330 e. The maximum Gasteiger partial charge on any atom is 0.0868 e. The van der Waals surface area contributed by atoms with E-state index in [0.29, 0.717) is 6.54 Å². The van der Waals surface area contributed by atoms with Gasteiger partial charge in [0.15, 0.2) is 0 Å². The smallest absolute Gasteiger partial charge is 0.0868 e. The van der Waals surface area contributed by atoms with E-state index in [0.717, 1.165) is 24.4 Å². The lowest BCUT2D eigenvalue weighted by atomic mass is 10.2. The third-order valence-electron chi connectivity index (χ3n) is 1.76. The number of nitrogens with two attached hydrogens (primary N) is 1. The van der Waals surface area contributed by atoms with E-state index in [-0.39, 0.29) is 0 Å². The second kappa shape index (κ2) is 3.48. The van der Waals surface area contributed by atoms with Gasteiger partial charge in [-0.25, -0.2) is 4.68 Å². The van der Waals surface area contributed by atoms with Crippen LogP contribution in [-0.4, -0.2) is 21.5 Å². The average molecular weight is 154 g/mol. The third kappa shape index (κ3) is 1.57. The summed E-state index contributed by atoms with van der Waals surface area (Å²) in [6.07, 6.45) is 0.825. The van der Waals surface area contributed by atoms with Gasteiger partial charge in [-0.15, -0.1) is 5.10 Å². The molecule has 0 aliphatic rings. The van der Waals surface area contributed by atoms with Crippen molar-refractivity contribution in [1.82, 2.24) is 15.0 Å². The minimum Gasteiger partial charge on any atom is -0.330 e. The van der Waals surface area contributed by atoms with Gasteiger partial charge in [-0.2, -0.15) is 0 Å². The van der Waals surface area contributed by atoms with Gasteiger partial charge < -0.3 is 5.73 Å². The van der Waals surface area contributed by atoms with Gasteiger partial charge in [0.25, 0.3) is 0 Å². The van der Waals surface area contributed by atoms with Crippen molar-refractivity contribution in [2.75, 3.05) is 6.54 Å². The van der Waals surface area contributed by atoms with Crippen molar-refractivity contribution in [3.8, 4) is 0 Å². The Balaban J connectivity index is 2.82. The normalized spacial score (nSPS) is 10.5. The molecule has 1 aromatic rings. The molecule has 0 saturated heterocycles. The van der Waals surface area contributed by atoms with E-state index in [9.17, 15) is 0 Å². The molecule has 0 fully saturated rings. The number of aromatic nitrogens is 3. The standard InChI is InChI=1S/C7H14N4/c1-3-11-6(2)7(4-5-8)9-10-11/h3-5,8H2,1-2H3. The predicted molar refractivity (Wildman–Crippen MR) is 43.2 cm³/mol. The third-order valence-corrected chi connectivity index (χ3v) is 1.76. The molecule has 2 N–H and O–H groups in total. The zero-order valence-electron chi connectivity index (χ0n) is 7.04. The van der Waals surface area contributed by atoms with Gasteiger partial charge >= 0.3 is 0 Å². The van der Waals surface area contributed by atoms with Crippen molar-refractivity contribution in [1.29, 1.82) is 0 Å². The summed E-state index contributed by atoms with van der Waals surface area (Å²) in [5.41, 5.74) is 7.56. The molecule has 4 heteroatoms. The molecule has 0 aliphatic carbocycles. The Kier molecular flexibility index (Phi) is 2.59. The van der Waals surface area contributed by atoms with Gasteiger partial charge in [0.05, 0.1) is 11.4 Å². The molecule has 4 nitrogen and oxygen atoms in total. The molecule has 11 heavy (non-hydrogen) atoms. The summed E-state index contributed by atoms with van der Waals surface area (Å²) in [7, 11) is 0. The minimum atomic E-state index is 0.642. The predicted octanol–water partition coefficient (Wildman–Crippen LogP) is 0.108. The van der Waals surface area contributed by atoms with Crippen LogP contribution in [0.2, 0.25) is 0 Å². The highest BCUT2D eigenvalue weighted by atomic mass is 15.4. The van der Waals surface area contributed by atoms with Crippen molar-refractivity contribution >= 4 is 0 Å². The number of rotatable bonds is 3. The van der Waals surface area contributed by atoms with Crippen LogP contribution in [0.1, 0.15) is 18.3 Å². The molecule has 0 saturated carbocycles. The lowest BCUT2D eigenvalue weighted by Crippen LogP contribution is -2.05. The highest BCUT2D eigenvalue weighted by molar-refractivity contribution is 5.07. The molecule has 0 amide bonds. The van der Waals surface area contributed by atoms with Crippen LogP contribution in [0.5, 0.6) is 0 Å². The van der Waals surface area contributed by atoms with Crippen LogP contribution in [0.3, 0.4) is 0 Å². The number of hydrogen-bond acceptors (Lipinski definition) is 3. The molecule has 0 atom stereocenters. The summed E-state index contributed by atoms with van der Waals surface area (Å²) >= 11 is 0. The Morgan fingerprint density at radius 3 is 2.73 bits per heavy atom. The molecule has 0 spiro atoms. The first kappa shape index (κ1) is 8.20. The summed E-state index contributed by atoms with van der Waals surface area (Å²) in [5.74, 6) is 0. The van der Waals surface area contributed by atoms with Gasteiger partial charge in [0.2, 0.25) is 0 Å². The van der Waals surface area contributed by atoms with E-state index < -0.39 is 0 Å². The van der Waals surface area contributed by atoms with Crippen molar-refractivity contribution in [2.45, 2.75) is 26.8 Å². The lowest BCUT2D eigenvalue weighted by Gasteiger charge is -1.97. The lowest BCUT2D eigenvalue weighted by molar-refractivity contribution is 0.611. The average Bonchev–Trinajstić information content (AvgIpc) is 2.34. The quantitative estimate of drug-likeness (QED) is 0.672. The van der Waals surface area contributed by atoms with E-state index in [2.05, 4.69) is 10.3 Å². The molecule has 0 radical (unpaired) electrons. The number of nitrogens with zero attached hydrogens (tertiary/aromatic N) is 3. The van der Waals surface area contributed by atoms with Crippen LogP contribution in [-0.2, 0) is 13.0 Å². The summed E-state index contributed by atoms with van der Waals surface area (Å²) < 4.78 is 1.88. The van der Waals surface area contributed by atoms with Crippen LogP contribution < -0.4 is 5.73 Å². The Morgan fingerprint density at radius 2 is 2.27 bits per heavy atom. The molecule has 62 valence electrons. The van der Waals surface area contributed by atoms with Gasteiger partial charge in [0.1, 0.15) is 0 Å². The zero-order valence-corrected chi connectivity index (χ0v) is 7.04. The summed E-state index contributed by atoms with van der Waals surface area (Å²) in [4.78, 5) is 0. The van der Waals surface area contributed by atoms with Crippen LogP contribution >= 0.6 is 0 Å². The van der Waals surface area contributed by atoms with E-state index in [1.54, 1.807) is 0 Å². The molecular weight excluding hydrogens is 140 g/mol. The fraction of sp³-hybridized carbons (Fsp3) is 0.714.